The Balaban J connectivity index is 1.73. The molecule has 110 valence electrons. The average Bonchev–Trinajstić information content (AvgIpc) is 2.47. The van der Waals surface area contributed by atoms with Crippen LogP contribution >= 0.6 is 11.6 Å². The van der Waals surface area contributed by atoms with Crippen LogP contribution in [0.1, 0.15) is 42.5 Å². The highest BCUT2D eigenvalue weighted by Crippen LogP contribution is 2.20. The van der Waals surface area contributed by atoms with Gasteiger partial charge in [0.1, 0.15) is 0 Å². The van der Waals surface area contributed by atoms with Gasteiger partial charge in [-0.15, -0.1) is 0 Å². The number of carbonyl (C=O) groups excluding carboxylic acids is 1. The molecule has 0 radical (unpaired) electrons. The van der Waals surface area contributed by atoms with E-state index in [1.165, 1.54) is 19.3 Å². The summed E-state index contributed by atoms with van der Waals surface area (Å²) in [7, 11) is 0. The number of halogens is 1. The van der Waals surface area contributed by atoms with E-state index in [2.05, 4.69) is 5.32 Å². The maximum Gasteiger partial charge on any atom is 0.252 e. The van der Waals surface area contributed by atoms with Crippen molar-refractivity contribution in [1.29, 1.82) is 0 Å². The number of nitrogens with one attached hydrogen (secondary N) is 1. The number of rotatable bonds is 5. The Labute approximate surface area is 124 Å². The summed E-state index contributed by atoms with van der Waals surface area (Å²) >= 11 is 5.98. The Kier molecular flexibility index (Phi) is 5.68. The summed E-state index contributed by atoms with van der Waals surface area (Å²) in [4.78, 5) is 12.0. The first-order chi connectivity index (χ1) is 9.66. The smallest absolute Gasteiger partial charge is 0.252 e. The van der Waals surface area contributed by atoms with Crippen LogP contribution in [0.3, 0.4) is 0 Å². The number of benzene rings is 1. The highest BCUT2D eigenvalue weighted by atomic mass is 35.5. The second kappa shape index (κ2) is 7.50. The van der Waals surface area contributed by atoms with Gasteiger partial charge in [0, 0.05) is 12.2 Å². The van der Waals surface area contributed by atoms with Crippen molar-refractivity contribution < 1.29 is 9.53 Å². The SMILES string of the molecule is Nc1ccc(Cl)c(C(=O)NCCOC2CCCCC2)c1. The lowest BCUT2D eigenvalue weighted by molar-refractivity contribution is 0.0299. The predicted molar refractivity (Wildman–Crippen MR) is 81.0 cm³/mol. The van der Waals surface area contributed by atoms with E-state index in [0.29, 0.717) is 35.5 Å². The van der Waals surface area contributed by atoms with Crippen molar-refractivity contribution in [2.45, 2.75) is 38.2 Å². The van der Waals surface area contributed by atoms with E-state index in [4.69, 9.17) is 22.1 Å². The number of ether oxygens (including phenoxy) is 1. The summed E-state index contributed by atoms with van der Waals surface area (Å²) in [6.45, 7) is 1.02. The molecule has 0 heterocycles. The van der Waals surface area contributed by atoms with Gasteiger partial charge in [0.15, 0.2) is 0 Å². The molecule has 1 saturated carbocycles. The van der Waals surface area contributed by atoms with Gasteiger partial charge >= 0.3 is 0 Å². The molecule has 1 amide bonds. The number of nitrogen functional groups attached to an aromatic ring is 1. The molecule has 1 aromatic carbocycles. The highest BCUT2D eigenvalue weighted by molar-refractivity contribution is 6.34. The molecule has 0 aliphatic heterocycles. The van der Waals surface area contributed by atoms with Gasteiger partial charge in [0.2, 0.25) is 0 Å². The largest absolute Gasteiger partial charge is 0.399 e. The maximum absolute atomic E-state index is 12.0. The third-order valence-corrected chi connectivity index (χ3v) is 3.86. The Hall–Kier alpha value is -1.26. The Bertz CT molecular complexity index is 459. The quantitative estimate of drug-likeness (QED) is 0.648. The third kappa shape index (κ3) is 4.39. The van der Waals surface area contributed by atoms with Crippen molar-refractivity contribution in [1.82, 2.24) is 5.32 Å². The maximum atomic E-state index is 12.0. The minimum Gasteiger partial charge on any atom is -0.399 e. The van der Waals surface area contributed by atoms with Gasteiger partial charge < -0.3 is 15.8 Å². The Morgan fingerprint density at radius 2 is 2.10 bits per heavy atom. The summed E-state index contributed by atoms with van der Waals surface area (Å²) in [5, 5.41) is 3.21. The van der Waals surface area contributed by atoms with Gasteiger partial charge in [0.05, 0.1) is 23.3 Å². The molecule has 0 saturated heterocycles. The van der Waals surface area contributed by atoms with Crippen LogP contribution in [0.25, 0.3) is 0 Å². The Morgan fingerprint density at radius 1 is 1.35 bits per heavy atom. The molecule has 1 aliphatic carbocycles. The van der Waals surface area contributed by atoms with Crippen molar-refractivity contribution in [2.75, 3.05) is 18.9 Å². The van der Waals surface area contributed by atoms with Crippen LogP contribution in [0.5, 0.6) is 0 Å². The van der Waals surface area contributed by atoms with Crippen molar-refractivity contribution >= 4 is 23.2 Å². The number of hydrogen-bond donors (Lipinski definition) is 2. The molecular formula is C15H21ClN2O2. The van der Waals surface area contributed by atoms with E-state index in [9.17, 15) is 4.79 Å². The number of carbonyl (C=O) groups is 1. The summed E-state index contributed by atoms with van der Waals surface area (Å²) in [6, 6.07) is 4.88. The molecule has 0 aromatic heterocycles. The van der Waals surface area contributed by atoms with E-state index in [0.717, 1.165) is 12.8 Å². The number of nitrogens with two attached hydrogens (primary N) is 1. The molecule has 0 unspecified atom stereocenters. The van der Waals surface area contributed by atoms with Crippen LogP contribution in [0.4, 0.5) is 5.69 Å². The van der Waals surface area contributed by atoms with Crippen LogP contribution in [0.2, 0.25) is 5.02 Å². The van der Waals surface area contributed by atoms with Crippen molar-refractivity contribution in [3.63, 3.8) is 0 Å². The minimum atomic E-state index is -0.213. The van der Waals surface area contributed by atoms with E-state index in [1.807, 2.05) is 0 Å². The van der Waals surface area contributed by atoms with Crippen LogP contribution in [0, 0.1) is 0 Å². The average molecular weight is 297 g/mol. The summed E-state index contributed by atoms with van der Waals surface area (Å²) in [6.07, 6.45) is 6.43. The van der Waals surface area contributed by atoms with Crippen LogP contribution in [-0.2, 0) is 4.74 Å². The molecule has 3 N–H and O–H groups in total. The first kappa shape index (κ1) is 15.1. The number of hydrogen-bond acceptors (Lipinski definition) is 3. The molecule has 5 heteroatoms. The van der Waals surface area contributed by atoms with E-state index in [-0.39, 0.29) is 5.91 Å². The molecule has 20 heavy (non-hydrogen) atoms. The lowest BCUT2D eigenvalue weighted by Crippen LogP contribution is -2.29. The zero-order valence-electron chi connectivity index (χ0n) is 11.5. The lowest BCUT2D eigenvalue weighted by atomic mass is 9.98. The fourth-order valence-electron chi connectivity index (χ4n) is 2.43. The molecule has 0 bridgehead atoms. The van der Waals surface area contributed by atoms with Crippen LogP contribution in [0.15, 0.2) is 18.2 Å². The molecule has 1 aromatic rings. The topological polar surface area (TPSA) is 64.4 Å². The zero-order valence-corrected chi connectivity index (χ0v) is 12.3. The van der Waals surface area contributed by atoms with Gasteiger partial charge in [-0.25, -0.2) is 0 Å². The van der Waals surface area contributed by atoms with Gasteiger partial charge in [-0.2, -0.15) is 0 Å². The van der Waals surface area contributed by atoms with Gasteiger partial charge in [-0.3, -0.25) is 4.79 Å². The first-order valence-electron chi connectivity index (χ1n) is 7.11. The predicted octanol–water partition coefficient (Wildman–Crippen LogP) is 3.00. The monoisotopic (exact) mass is 296 g/mol. The summed E-state index contributed by atoms with van der Waals surface area (Å²) < 4.78 is 5.75. The van der Waals surface area contributed by atoms with E-state index >= 15 is 0 Å². The zero-order chi connectivity index (χ0) is 14.4. The molecule has 0 atom stereocenters. The minimum absolute atomic E-state index is 0.213. The first-order valence-corrected chi connectivity index (χ1v) is 7.49. The van der Waals surface area contributed by atoms with Gasteiger partial charge in [-0.1, -0.05) is 30.9 Å². The third-order valence-electron chi connectivity index (χ3n) is 3.53. The second-order valence-electron chi connectivity index (χ2n) is 5.13. The van der Waals surface area contributed by atoms with Crippen molar-refractivity contribution in [3.05, 3.63) is 28.8 Å². The molecule has 1 aliphatic rings. The molecule has 1 fully saturated rings. The van der Waals surface area contributed by atoms with Crippen molar-refractivity contribution in [2.24, 2.45) is 0 Å². The molecule has 2 rings (SSSR count). The fourth-order valence-corrected chi connectivity index (χ4v) is 2.64. The number of amides is 1. The molecular weight excluding hydrogens is 276 g/mol. The Morgan fingerprint density at radius 3 is 2.85 bits per heavy atom. The van der Waals surface area contributed by atoms with Gasteiger partial charge in [-0.05, 0) is 31.0 Å². The van der Waals surface area contributed by atoms with Crippen LogP contribution < -0.4 is 11.1 Å². The van der Waals surface area contributed by atoms with Crippen molar-refractivity contribution in [3.8, 4) is 0 Å². The lowest BCUT2D eigenvalue weighted by Gasteiger charge is -2.22. The molecule has 0 spiro atoms. The van der Waals surface area contributed by atoms with Crippen LogP contribution in [-0.4, -0.2) is 25.2 Å². The summed E-state index contributed by atoms with van der Waals surface area (Å²) in [5.41, 5.74) is 6.59. The second-order valence-corrected chi connectivity index (χ2v) is 5.53. The van der Waals surface area contributed by atoms with E-state index < -0.39 is 0 Å². The number of anilines is 1. The van der Waals surface area contributed by atoms with Gasteiger partial charge in [0.25, 0.3) is 5.91 Å². The normalized spacial score (nSPS) is 16.1. The van der Waals surface area contributed by atoms with E-state index in [1.54, 1.807) is 18.2 Å². The fraction of sp³-hybridized carbons (Fsp3) is 0.533. The highest BCUT2D eigenvalue weighted by Gasteiger charge is 2.14. The molecule has 4 nitrogen and oxygen atoms in total. The summed E-state index contributed by atoms with van der Waals surface area (Å²) in [5.74, 6) is -0.213. The standard InChI is InChI=1S/C15H21ClN2O2/c16-14-7-6-11(17)10-13(14)15(19)18-8-9-20-12-4-2-1-3-5-12/h6-7,10,12H,1-5,8-9,17H2,(H,18,19).